The molecule has 1 aliphatic carbocycles. The van der Waals surface area contributed by atoms with E-state index >= 15 is 0 Å². The average Bonchev–Trinajstić information content (AvgIpc) is 2.73. The van der Waals surface area contributed by atoms with E-state index in [4.69, 9.17) is 4.74 Å². The van der Waals surface area contributed by atoms with Crippen LogP contribution in [-0.4, -0.2) is 34.0 Å². The summed E-state index contributed by atoms with van der Waals surface area (Å²) in [6.07, 6.45) is 7.19. The van der Waals surface area contributed by atoms with Gasteiger partial charge in [-0.05, 0) is 52.9 Å². The monoisotopic (exact) mass is 334 g/mol. The summed E-state index contributed by atoms with van der Waals surface area (Å²) in [5.41, 5.74) is 1.69. The Hall–Kier alpha value is -1.39. The molecule has 0 spiro atoms. The van der Waals surface area contributed by atoms with Crippen molar-refractivity contribution in [2.75, 3.05) is 0 Å². The number of esters is 1. The first-order valence-corrected chi connectivity index (χ1v) is 8.82. The molecule has 0 bridgehead atoms. The van der Waals surface area contributed by atoms with E-state index in [0.717, 1.165) is 19.3 Å². The molecule has 134 valence electrons. The molecule has 0 aromatic carbocycles. The zero-order valence-electron chi connectivity index (χ0n) is 15.0. The van der Waals surface area contributed by atoms with E-state index in [0.29, 0.717) is 18.4 Å². The molecule has 0 saturated carbocycles. The molecule has 2 rings (SSSR count). The Balaban J connectivity index is 2.24. The lowest BCUT2D eigenvalue weighted by atomic mass is 9.81. The third-order valence-electron chi connectivity index (χ3n) is 5.31. The molecule has 24 heavy (non-hydrogen) atoms. The number of aliphatic hydroxyl groups is 2. The normalized spacial score (nSPS) is 38.5. The molecule has 1 fully saturated rings. The van der Waals surface area contributed by atoms with Crippen molar-refractivity contribution in [1.82, 2.24) is 0 Å². The second-order valence-corrected chi connectivity index (χ2v) is 7.57. The smallest absolute Gasteiger partial charge is 0.334 e. The van der Waals surface area contributed by atoms with Crippen molar-refractivity contribution in [1.29, 1.82) is 0 Å². The first kappa shape index (κ1) is 18.9. The predicted molar refractivity (Wildman–Crippen MR) is 94.4 cm³/mol. The number of hydrogen-bond acceptors (Lipinski definition) is 4. The van der Waals surface area contributed by atoms with Crippen LogP contribution in [0.4, 0.5) is 0 Å². The summed E-state index contributed by atoms with van der Waals surface area (Å²) < 4.78 is 5.46. The zero-order valence-corrected chi connectivity index (χ0v) is 15.0. The molecule has 4 nitrogen and oxygen atoms in total. The number of carbonyl (C=O) groups is 1. The molecule has 0 aromatic heterocycles. The number of carbonyl (C=O) groups excluding carboxylic acids is 1. The standard InChI is InChI=1S/C20H30O4/c1-13-7-5-8-14(2)11-17-16(15(3)19(22)24-17)12-18(21)20(4,23)10-6-9-13/h8-9,16-18,21,23H,3,5-7,10-12H2,1-2,4H3/b13-9-,14-8?/t16-,17+,18+,20-/m1/s1. The van der Waals surface area contributed by atoms with Crippen LogP contribution >= 0.6 is 0 Å². The maximum absolute atomic E-state index is 11.9. The molecule has 4 atom stereocenters. The Morgan fingerprint density at radius 3 is 2.62 bits per heavy atom. The van der Waals surface area contributed by atoms with Crippen LogP contribution < -0.4 is 0 Å². The molecule has 1 saturated heterocycles. The highest BCUT2D eigenvalue weighted by atomic mass is 16.6. The summed E-state index contributed by atoms with van der Waals surface area (Å²) in [6, 6.07) is 0. The van der Waals surface area contributed by atoms with Gasteiger partial charge in [0.05, 0.1) is 11.7 Å². The maximum Gasteiger partial charge on any atom is 0.334 e. The molecule has 1 aliphatic heterocycles. The average molecular weight is 334 g/mol. The number of hydrogen-bond donors (Lipinski definition) is 2. The number of ether oxygens (including phenoxy) is 1. The van der Waals surface area contributed by atoms with E-state index in [1.54, 1.807) is 6.92 Å². The second kappa shape index (κ2) is 7.66. The fourth-order valence-corrected chi connectivity index (χ4v) is 3.47. The van der Waals surface area contributed by atoms with Crippen LogP contribution in [0.25, 0.3) is 0 Å². The van der Waals surface area contributed by atoms with Gasteiger partial charge < -0.3 is 14.9 Å². The van der Waals surface area contributed by atoms with Gasteiger partial charge in [-0.2, -0.15) is 0 Å². The van der Waals surface area contributed by atoms with Crippen LogP contribution in [-0.2, 0) is 9.53 Å². The van der Waals surface area contributed by atoms with E-state index in [1.807, 2.05) is 6.92 Å². The molecule has 4 heteroatoms. The van der Waals surface area contributed by atoms with E-state index < -0.39 is 11.7 Å². The summed E-state index contributed by atoms with van der Waals surface area (Å²) in [4.78, 5) is 11.9. The highest BCUT2D eigenvalue weighted by Gasteiger charge is 2.42. The molecule has 2 aliphatic rings. The number of aliphatic hydroxyl groups excluding tert-OH is 1. The molecule has 2 N–H and O–H groups in total. The Kier molecular flexibility index (Phi) is 6.05. The zero-order chi connectivity index (χ0) is 17.9. The van der Waals surface area contributed by atoms with Crippen molar-refractivity contribution in [3.8, 4) is 0 Å². The largest absolute Gasteiger partial charge is 0.458 e. The fourth-order valence-electron chi connectivity index (χ4n) is 3.47. The number of allylic oxidation sites excluding steroid dienone is 3. The topological polar surface area (TPSA) is 66.8 Å². The van der Waals surface area contributed by atoms with Crippen molar-refractivity contribution < 1.29 is 19.7 Å². The van der Waals surface area contributed by atoms with Gasteiger partial charge in [0, 0.05) is 17.9 Å². The first-order chi connectivity index (χ1) is 11.2. The van der Waals surface area contributed by atoms with Gasteiger partial charge in [-0.1, -0.05) is 29.9 Å². The van der Waals surface area contributed by atoms with Crippen LogP contribution in [0.5, 0.6) is 0 Å². The van der Waals surface area contributed by atoms with Crippen LogP contribution in [0.3, 0.4) is 0 Å². The van der Waals surface area contributed by atoms with Crippen LogP contribution in [0.15, 0.2) is 35.5 Å². The van der Waals surface area contributed by atoms with Crippen molar-refractivity contribution >= 4 is 5.97 Å². The van der Waals surface area contributed by atoms with Gasteiger partial charge in [0.2, 0.25) is 0 Å². The van der Waals surface area contributed by atoms with E-state index in [1.165, 1.54) is 11.1 Å². The first-order valence-electron chi connectivity index (χ1n) is 8.82. The van der Waals surface area contributed by atoms with E-state index in [9.17, 15) is 15.0 Å². The molecular formula is C20H30O4. The summed E-state index contributed by atoms with van der Waals surface area (Å²) in [5, 5.41) is 21.2. The van der Waals surface area contributed by atoms with Gasteiger partial charge in [-0.25, -0.2) is 4.79 Å². The Morgan fingerprint density at radius 2 is 1.92 bits per heavy atom. The molecule has 0 unspecified atom stereocenters. The molecular weight excluding hydrogens is 304 g/mol. The predicted octanol–water partition coefficient (Wildman–Crippen LogP) is 3.44. The summed E-state index contributed by atoms with van der Waals surface area (Å²) in [7, 11) is 0. The second-order valence-electron chi connectivity index (χ2n) is 7.57. The van der Waals surface area contributed by atoms with Crippen LogP contribution in [0.2, 0.25) is 0 Å². The molecule has 0 radical (unpaired) electrons. The third kappa shape index (κ3) is 4.58. The lowest BCUT2D eigenvalue weighted by Crippen LogP contribution is -2.41. The highest BCUT2D eigenvalue weighted by molar-refractivity contribution is 5.90. The molecule has 0 aromatic rings. The fraction of sp³-hybridized carbons (Fsp3) is 0.650. The maximum atomic E-state index is 11.9. The van der Waals surface area contributed by atoms with Crippen molar-refractivity contribution in [3.05, 3.63) is 35.5 Å². The summed E-state index contributed by atoms with van der Waals surface area (Å²) >= 11 is 0. The highest BCUT2D eigenvalue weighted by Crippen LogP contribution is 2.36. The van der Waals surface area contributed by atoms with Crippen molar-refractivity contribution in [2.45, 2.75) is 77.1 Å². The lowest BCUT2D eigenvalue weighted by molar-refractivity contribution is -0.139. The number of rotatable bonds is 0. The van der Waals surface area contributed by atoms with E-state index in [2.05, 4.69) is 25.7 Å². The van der Waals surface area contributed by atoms with Crippen molar-refractivity contribution in [3.63, 3.8) is 0 Å². The van der Waals surface area contributed by atoms with Gasteiger partial charge in [0.15, 0.2) is 0 Å². The summed E-state index contributed by atoms with van der Waals surface area (Å²) in [5.74, 6) is -0.631. The lowest BCUT2D eigenvalue weighted by Gasteiger charge is -2.31. The SMILES string of the molecule is C=C1C(=O)O[C@H]2CC(C)=CCC/C(C)=C\CC[C@@](C)(O)[C@@H](O)C[C@H]12. The van der Waals surface area contributed by atoms with Crippen LogP contribution in [0, 0.1) is 5.92 Å². The van der Waals surface area contributed by atoms with Crippen LogP contribution in [0.1, 0.15) is 59.3 Å². The Labute approximate surface area is 144 Å². The minimum absolute atomic E-state index is 0.248. The Bertz CT molecular complexity index is 556. The van der Waals surface area contributed by atoms with Gasteiger partial charge >= 0.3 is 5.97 Å². The van der Waals surface area contributed by atoms with Gasteiger partial charge in [0.25, 0.3) is 0 Å². The minimum atomic E-state index is -1.19. The van der Waals surface area contributed by atoms with Gasteiger partial charge in [-0.15, -0.1) is 0 Å². The van der Waals surface area contributed by atoms with Gasteiger partial charge in [-0.3, -0.25) is 0 Å². The van der Waals surface area contributed by atoms with Gasteiger partial charge in [0.1, 0.15) is 6.10 Å². The molecule has 1 heterocycles. The number of fused-ring (bicyclic) bond motifs is 1. The molecule has 0 amide bonds. The minimum Gasteiger partial charge on any atom is -0.458 e. The quantitative estimate of drug-likeness (QED) is 0.404. The Morgan fingerprint density at radius 1 is 1.25 bits per heavy atom. The summed E-state index contributed by atoms with van der Waals surface area (Å²) in [6.45, 7) is 9.64. The third-order valence-corrected chi connectivity index (χ3v) is 5.31. The van der Waals surface area contributed by atoms with E-state index in [-0.39, 0.29) is 24.4 Å². The van der Waals surface area contributed by atoms with Crippen molar-refractivity contribution in [2.24, 2.45) is 5.92 Å².